The van der Waals surface area contributed by atoms with E-state index in [2.05, 4.69) is 18.7 Å². The van der Waals surface area contributed by atoms with Gasteiger partial charge in [0, 0.05) is 24.2 Å². The Labute approximate surface area is 133 Å². The van der Waals surface area contributed by atoms with Gasteiger partial charge in [-0.05, 0) is 51.8 Å². The molecule has 1 aliphatic heterocycles. The lowest BCUT2D eigenvalue weighted by Gasteiger charge is -2.38. The van der Waals surface area contributed by atoms with E-state index in [0.29, 0.717) is 42.4 Å². The lowest BCUT2D eigenvalue weighted by Crippen LogP contribution is -2.45. The molecule has 0 amide bonds. The zero-order valence-electron chi connectivity index (χ0n) is 13.9. The van der Waals surface area contributed by atoms with E-state index in [1.165, 1.54) is 19.3 Å². The van der Waals surface area contributed by atoms with E-state index in [1.54, 1.807) is 12.1 Å². The first-order chi connectivity index (χ1) is 10.7. The van der Waals surface area contributed by atoms with Crippen molar-refractivity contribution in [2.45, 2.75) is 52.1 Å². The highest BCUT2D eigenvalue weighted by Crippen LogP contribution is 2.28. The molecule has 0 radical (unpaired) electrons. The molecule has 4 nitrogen and oxygen atoms in total. The number of hydrogen-bond acceptors (Lipinski definition) is 4. The van der Waals surface area contributed by atoms with Gasteiger partial charge in [-0.15, -0.1) is 0 Å². The lowest BCUT2D eigenvalue weighted by molar-refractivity contribution is 0.0844. The smallest absolute Gasteiger partial charge is 0.161 e. The van der Waals surface area contributed by atoms with Crippen LogP contribution in [0.4, 0.5) is 0 Å². The van der Waals surface area contributed by atoms with Gasteiger partial charge in [-0.3, -0.25) is 9.69 Å². The number of likely N-dealkylation sites (tertiary alicyclic amines) is 1. The molecule has 122 valence electrons. The average molecular weight is 305 g/mol. The molecule has 0 spiro atoms. The number of rotatable bonds is 7. The minimum absolute atomic E-state index is 0.554. The van der Waals surface area contributed by atoms with Crippen molar-refractivity contribution in [1.29, 1.82) is 0 Å². The molecule has 1 saturated heterocycles. The summed E-state index contributed by atoms with van der Waals surface area (Å²) in [6.07, 6.45) is 4.68. The van der Waals surface area contributed by atoms with Crippen molar-refractivity contribution >= 4 is 6.29 Å². The summed E-state index contributed by atoms with van der Waals surface area (Å²) in [5, 5.41) is 0. The van der Waals surface area contributed by atoms with Crippen molar-refractivity contribution in [2.24, 2.45) is 0 Å². The van der Waals surface area contributed by atoms with E-state index < -0.39 is 0 Å². The number of nitrogens with zero attached hydrogens (tertiary/aromatic N) is 1. The Bertz CT molecular complexity index is 479. The SMILES string of the molecule is CCOc1cc(C=O)ccc1OCCN1[C@H](C)CCC[C@H]1C. The summed E-state index contributed by atoms with van der Waals surface area (Å²) in [6, 6.07) is 6.56. The van der Waals surface area contributed by atoms with Gasteiger partial charge in [-0.1, -0.05) is 6.42 Å². The molecule has 1 fully saturated rings. The third kappa shape index (κ3) is 4.23. The highest BCUT2D eigenvalue weighted by atomic mass is 16.5. The second kappa shape index (κ2) is 8.18. The van der Waals surface area contributed by atoms with E-state index in [0.717, 1.165) is 12.8 Å². The first-order valence-corrected chi connectivity index (χ1v) is 8.26. The van der Waals surface area contributed by atoms with Crippen molar-refractivity contribution in [3.05, 3.63) is 23.8 Å². The Balaban J connectivity index is 1.94. The van der Waals surface area contributed by atoms with E-state index in [-0.39, 0.29) is 0 Å². The van der Waals surface area contributed by atoms with Gasteiger partial charge in [0.1, 0.15) is 12.9 Å². The Morgan fingerprint density at radius 3 is 2.55 bits per heavy atom. The molecule has 0 saturated carbocycles. The van der Waals surface area contributed by atoms with Crippen molar-refractivity contribution in [3.8, 4) is 11.5 Å². The Morgan fingerprint density at radius 1 is 1.18 bits per heavy atom. The highest BCUT2D eigenvalue weighted by molar-refractivity contribution is 5.76. The van der Waals surface area contributed by atoms with Crippen LogP contribution in [-0.2, 0) is 0 Å². The lowest BCUT2D eigenvalue weighted by atomic mass is 9.98. The van der Waals surface area contributed by atoms with Gasteiger partial charge in [-0.25, -0.2) is 0 Å². The monoisotopic (exact) mass is 305 g/mol. The van der Waals surface area contributed by atoms with Gasteiger partial charge >= 0.3 is 0 Å². The number of carbonyl (C=O) groups is 1. The first-order valence-electron chi connectivity index (χ1n) is 8.26. The summed E-state index contributed by atoms with van der Waals surface area (Å²) in [6.45, 7) is 8.62. The predicted molar refractivity (Wildman–Crippen MR) is 88.0 cm³/mol. The Hall–Kier alpha value is -1.55. The molecule has 0 N–H and O–H groups in total. The normalized spacial score (nSPS) is 22.3. The molecule has 4 heteroatoms. The van der Waals surface area contributed by atoms with Crippen molar-refractivity contribution in [1.82, 2.24) is 4.90 Å². The number of benzene rings is 1. The zero-order chi connectivity index (χ0) is 15.9. The highest BCUT2D eigenvalue weighted by Gasteiger charge is 2.24. The fourth-order valence-electron chi connectivity index (χ4n) is 3.16. The summed E-state index contributed by atoms with van der Waals surface area (Å²) in [5.41, 5.74) is 0.606. The van der Waals surface area contributed by atoms with Gasteiger partial charge in [-0.2, -0.15) is 0 Å². The average Bonchev–Trinajstić information content (AvgIpc) is 2.51. The molecular formula is C18H27NO3. The van der Waals surface area contributed by atoms with Crippen LogP contribution in [0.2, 0.25) is 0 Å². The number of piperidine rings is 1. The van der Waals surface area contributed by atoms with Crippen LogP contribution in [0.25, 0.3) is 0 Å². The molecule has 0 aliphatic carbocycles. The number of aldehydes is 1. The molecule has 22 heavy (non-hydrogen) atoms. The van der Waals surface area contributed by atoms with Gasteiger partial charge in [0.15, 0.2) is 11.5 Å². The topological polar surface area (TPSA) is 38.8 Å². The third-order valence-electron chi connectivity index (χ3n) is 4.39. The van der Waals surface area contributed by atoms with E-state index in [9.17, 15) is 4.79 Å². The summed E-state index contributed by atoms with van der Waals surface area (Å²) in [7, 11) is 0. The third-order valence-corrected chi connectivity index (χ3v) is 4.39. The molecule has 1 aromatic rings. The van der Waals surface area contributed by atoms with Gasteiger partial charge < -0.3 is 9.47 Å². The molecule has 1 heterocycles. The summed E-state index contributed by atoms with van der Waals surface area (Å²) in [5.74, 6) is 1.36. The zero-order valence-corrected chi connectivity index (χ0v) is 13.9. The molecule has 0 bridgehead atoms. The molecule has 0 aromatic heterocycles. The van der Waals surface area contributed by atoms with Gasteiger partial charge in [0.25, 0.3) is 0 Å². The maximum absolute atomic E-state index is 10.9. The van der Waals surface area contributed by atoms with Crippen molar-refractivity contribution < 1.29 is 14.3 Å². The fourth-order valence-corrected chi connectivity index (χ4v) is 3.16. The van der Waals surface area contributed by atoms with Crippen LogP contribution in [0, 0.1) is 0 Å². The minimum atomic E-state index is 0.554. The van der Waals surface area contributed by atoms with Crippen LogP contribution in [0.3, 0.4) is 0 Å². The van der Waals surface area contributed by atoms with E-state index in [1.807, 2.05) is 13.0 Å². The van der Waals surface area contributed by atoms with E-state index >= 15 is 0 Å². The molecule has 1 aliphatic rings. The quantitative estimate of drug-likeness (QED) is 0.722. The maximum Gasteiger partial charge on any atom is 0.161 e. The molecule has 1 aromatic carbocycles. The standard InChI is InChI=1S/C18H27NO3/c1-4-21-18-12-16(13-20)8-9-17(18)22-11-10-19-14(2)6-5-7-15(19)3/h8-9,12-15H,4-7,10-11H2,1-3H3/t14-,15-/m1/s1. The molecule has 2 rings (SSSR count). The van der Waals surface area contributed by atoms with Crippen LogP contribution < -0.4 is 9.47 Å². The van der Waals surface area contributed by atoms with Crippen LogP contribution >= 0.6 is 0 Å². The Morgan fingerprint density at radius 2 is 1.91 bits per heavy atom. The number of hydrogen-bond donors (Lipinski definition) is 0. The molecular weight excluding hydrogens is 278 g/mol. The van der Waals surface area contributed by atoms with Crippen LogP contribution in [0.15, 0.2) is 18.2 Å². The number of ether oxygens (including phenoxy) is 2. The van der Waals surface area contributed by atoms with Crippen molar-refractivity contribution in [3.63, 3.8) is 0 Å². The first kappa shape index (κ1) is 16.8. The second-order valence-corrected chi connectivity index (χ2v) is 5.97. The predicted octanol–water partition coefficient (Wildman–Crippen LogP) is 3.54. The summed E-state index contributed by atoms with van der Waals surface area (Å²) in [4.78, 5) is 13.4. The fraction of sp³-hybridized carbons (Fsp3) is 0.611. The second-order valence-electron chi connectivity index (χ2n) is 5.97. The summed E-state index contributed by atoms with van der Waals surface area (Å²) < 4.78 is 11.5. The molecule has 0 unspecified atom stereocenters. The largest absolute Gasteiger partial charge is 0.490 e. The Kier molecular flexibility index (Phi) is 6.25. The van der Waals surface area contributed by atoms with E-state index in [4.69, 9.17) is 9.47 Å². The van der Waals surface area contributed by atoms with Gasteiger partial charge in [0.2, 0.25) is 0 Å². The van der Waals surface area contributed by atoms with Crippen LogP contribution in [-0.4, -0.2) is 43.0 Å². The minimum Gasteiger partial charge on any atom is -0.490 e. The maximum atomic E-state index is 10.9. The number of carbonyl (C=O) groups excluding carboxylic acids is 1. The van der Waals surface area contributed by atoms with Crippen LogP contribution in [0.5, 0.6) is 11.5 Å². The van der Waals surface area contributed by atoms with Crippen molar-refractivity contribution in [2.75, 3.05) is 19.8 Å². The van der Waals surface area contributed by atoms with Gasteiger partial charge in [0.05, 0.1) is 6.61 Å². The van der Waals surface area contributed by atoms with Crippen LogP contribution in [0.1, 0.15) is 50.4 Å². The summed E-state index contributed by atoms with van der Waals surface area (Å²) >= 11 is 0. The molecule has 2 atom stereocenters.